The zero-order valence-corrected chi connectivity index (χ0v) is 9.91. The maximum Gasteiger partial charge on any atom is 0.258 e. The third-order valence-electron chi connectivity index (χ3n) is 2.63. The van der Waals surface area contributed by atoms with E-state index in [9.17, 15) is 9.18 Å². The number of halogens is 1. The molecule has 0 atom stereocenters. The molecule has 0 aliphatic heterocycles. The molecule has 3 nitrogen and oxygen atoms in total. The Kier molecular flexibility index (Phi) is 3.28. The molecule has 0 spiro atoms. The molecular formula is C14H13FN2O. The summed E-state index contributed by atoms with van der Waals surface area (Å²) in [6, 6.07) is 11.3. The fraction of sp³-hybridized carbons (Fsp3) is 0.0714. The summed E-state index contributed by atoms with van der Waals surface area (Å²) in [6.07, 6.45) is 0. The molecule has 0 aromatic heterocycles. The van der Waals surface area contributed by atoms with Crippen LogP contribution in [0.15, 0.2) is 42.5 Å². The fourth-order valence-electron chi connectivity index (χ4n) is 1.62. The summed E-state index contributed by atoms with van der Waals surface area (Å²) in [5.74, 6) is -1.11. The van der Waals surface area contributed by atoms with Gasteiger partial charge < -0.3 is 11.1 Å². The van der Waals surface area contributed by atoms with Crippen LogP contribution >= 0.6 is 0 Å². The zero-order valence-electron chi connectivity index (χ0n) is 9.91. The Labute approximate surface area is 104 Å². The van der Waals surface area contributed by atoms with Gasteiger partial charge in [-0.3, -0.25) is 4.79 Å². The molecule has 0 saturated heterocycles. The molecule has 0 aliphatic carbocycles. The van der Waals surface area contributed by atoms with Crippen LogP contribution in [-0.4, -0.2) is 5.91 Å². The lowest BCUT2D eigenvalue weighted by Crippen LogP contribution is -2.14. The lowest BCUT2D eigenvalue weighted by molar-refractivity contribution is 0.102. The lowest BCUT2D eigenvalue weighted by atomic mass is 10.1. The first-order valence-electron chi connectivity index (χ1n) is 5.50. The largest absolute Gasteiger partial charge is 0.399 e. The highest BCUT2D eigenvalue weighted by Gasteiger charge is 2.12. The van der Waals surface area contributed by atoms with Gasteiger partial charge in [-0.1, -0.05) is 18.2 Å². The van der Waals surface area contributed by atoms with Crippen molar-refractivity contribution in [3.8, 4) is 0 Å². The minimum atomic E-state index is -0.624. The second kappa shape index (κ2) is 4.87. The average molecular weight is 244 g/mol. The van der Waals surface area contributed by atoms with E-state index in [1.54, 1.807) is 6.07 Å². The number of carbonyl (C=O) groups excluding carboxylic acids is 1. The van der Waals surface area contributed by atoms with Crippen LogP contribution < -0.4 is 11.1 Å². The summed E-state index contributed by atoms with van der Waals surface area (Å²) < 4.78 is 13.6. The molecule has 18 heavy (non-hydrogen) atoms. The lowest BCUT2D eigenvalue weighted by Gasteiger charge is -2.08. The second-order valence-electron chi connectivity index (χ2n) is 4.01. The van der Waals surface area contributed by atoms with Gasteiger partial charge in [0.25, 0.3) is 5.91 Å². The number of para-hydroxylation sites is 1. The van der Waals surface area contributed by atoms with Crippen molar-refractivity contribution in [1.82, 2.24) is 0 Å². The van der Waals surface area contributed by atoms with E-state index in [1.807, 2.05) is 25.1 Å². The first kappa shape index (κ1) is 12.1. The molecule has 0 saturated carbocycles. The first-order chi connectivity index (χ1) is 8.58. The molecule has 1 amide bonds. The number of nitrogens with one attached hydrogen (secondary N) is 1. The van der Waals surface area contributed by atoms with Crippen molar-refractivity contribution in [2.45, 2.75) is 6.92 Å². The SMILES string of the molecule is Cc1ccccc1NC(=O)c1ccc(N)cc1F. The molecule has 92 valence electrons. The van der Waals surface area contributed by atoms with Crippen LogP contribution in [-0.2, 0) is 0 Å². The summed E-state index contributed by atoms with van der Waals surface area (Å²) in [5, 5.41) is 2.67. The highest BCUT2D eigenvalue weighted by atomic mass is 19.1. The molecule has 3 N–H and O–H groups in total. The minimum Gasteiger partial charge on any atom is -0.399 e. The Balaban J connectivity index is 2.25. The van der Waals surface area contributed by atoms with E-state index in [-0.39, 0.29) is 5.56 Å². The summed E-state index contributed by atoms with van der Waals surface area (Å²) in [7, 11) is 0. The number of amides is 1. The molecular weight excluding hydrogens is 231 g/mol. The van der Waals surface area contributed by atoms with Gasteiger partial charge in [0.05, 0.1) is 5.56 Å². The van der Waals surface area contributed by atoms with Crippen molar-refractivity contribution < 1.29 is 9.18 Å². The van der Waals surface area contributed by atoms with Gasteiger partial charge in [-0.05, 0) is 36.8 Å². The molecule has 2 aromatic carbocycles. The third-order valence-corrected chi connectivity index (χ3v) is 2.63. The monoisotopic (exact) mass is 244 g/mol. The van der Waals surface area contributed by atoms with Crippen molar-refractivity contribution in [3.63, 3.8) is 0 Å². The van der Waals surface area contributed by atoms with Gasteiger partial charge in [-0.15, -0.1) is 0 Å². The highest BCUT2D eigenvalue weighted by molar-refractivity contribution is 6.05. The Morgan fingerprint density at radius 1 is 1.22 bits per heavy atom. The Morgan fingerprint density at radius 2 is 1.94 bits per heavy atom. The van der Waals surface area contributed by atoms with Gasteiger partial charge in [0, 0.05) is 11.4 Å². The smallest absolute Gasteiger partial charge is 0.258 e. The standard InChI is InChI=1S/C14H13FN2O/c1-9-4-2-3-5-13(9)17-14(18)11-7-6-10(16)8-12(11)15/h2-8H,16H2,1H3,(H,17,18). The van der Waals surface area contributed by atoms with Gasteiger partial charge in [0.2, 0.25) is 0 Å². The van der Waals surface area contributed by atoms with E-state index < -0.39 is 11.7 Å². The quantitative estimate of drug-likeness (QED) is 0.798. The van der Waals surface area contributed by atoms with Gasteiger partial charge in [-0.2, -0.15) is 0 Å². The molecule has 2 rings (SSSR count). The van der Waals surface area contributed by atoms with Crippen LogP contribution in [0.1, 0.15) is 15.9 Å². The van der Waals surface area contributed by atoms with E-state index in [0.29, 0.717) is 11.4 Å². The molecule has 0 radical (unpaired) electrons. The van der Waals surface area contributed by atoms with Crippen LogP contribution in [0.5, 0.6) is 0 Å². The van der Waals surface area contributed by atoms with Gasteiger partial charge >= 0.3 is 0 Å². The number of hydrogen-bond acceptors (Lipinski definition) is 2. The van der Waals surface area contributed by atoms with Crippen LogP contribution in [0.3, 0.4) is 0 Å². The molecule has 0 fully saturated rings. The number of rotatable bonds is 2. The normalized spacial score (nSPS) is 10.1. The summed E-state index contributed by atoms with van der Waals surface area (Å²) in [5.41, 5.74) is 7.29. The van der Waals surface area contributed by atoms with Crippen molar-refractivity contribution in [2.75, 3.05) is 11.1 Å². The van der Waals surface area contributed by atoms with E-state index in [2.05, 4.69) is 5.32 Å². The number of aryl methyl sites for hydroxylation is 1. The van der Waals surface area contributed by atoms with Crippen LogP contribution in [0, 0.1) is 12.7 Å². The summed E-state index contributed by atoms with van der Waals surface area (Å²) in [4.78, 5) is 11.9. The van der Waals surface area contributed by atoms with Gasteiger partial charge in [0.15, 0.2) is 0 Å². The molecule has 0 bridgehead atoms. The predicted octanol–water partition coefficient (Wildman–Crippen LogP) is 2.97. The average Bonchev–Trinajstić information content (AvgIpc) is 2.32. The maximum atomic E-state index is 13.6. The third kappa shape index (κ3) is 2.48. The molecule has 2 aromatic rings. The van der Waals surface area contributed by atoms with Gasteiger partial charge in [0.1, 0.15) is 5.82 Å². The first-order valence-corrected chi connectivity index (χ1v) is 5.50. The number of nitrogens with two attached hydrogens (primary N) is 1. The Hall–Kier alpha value is -2.36. The second-order valence-corrected chi connectivity index (χ2v) is 4.01. The van der Waals surface area contributed by atoms with Crippen LogP contribution in [0.4, 0.5) is 15.8 Å². The van der Waals surface area contributed by atoms with Crippen LogP contribution in [0.25, 0.3) is 0 Å². The van der Waals surface area contributed by atoms with Crippen molar-refractivity contribution in [2.24, 2.45) is 0 Å². The number of anilines is 2. The maximum absolute atomic E-state index is 13.6. The summed E-state index contributed by atoms with van der Waals surface area (Å²) >= 11 is 0. The number of nitrogen functional groups attached to an aromatic ring is 1. The number of hydrogen-bond donors (Lipinski definition) is 2. The Morgan fingerprint density at radius 3 is 2.61 bits per heavy atom. The van der Waals surface area contributed by atoms with Gasteiger partial charge in [-0.25, -0.2) is 4.39 Å². The topological polar surface area (TPSA) is 55.1 Å². The number of benzene rings is 2. The molecule has 0 heterocycles. The molecule has 0 aliphatic rings. The zero-order chi connectivity index (χ0) is 13.1. The van der Waals surface area contributed by atoms with E-state index in [0.717, 1.165) is 11.6 Å². The highest BCUT2D eigenvalue weighted by Crippen LogP contribution is 2.17. The number of carbonyl (C=O) groups is 1. The predicted molar refractivity (Wildman–Crippen MR) is 69.9 cm³/mol. The van der Waals surface area contributed by atoms with Crippen molar-refractivity contribution in [1.29, 1.82) is 0 Å². The van der Waals surface area contributed by atoms with Crippen molar-refractivity contribution in [3.05, 3.63) is 59.4 Å². The van der Waals surface area contributed by atoms with Crippen molar-refractivity contribution >= 4 is 17.3 Å². The van der Waals surface area contributed by atoms with Crippen LogP contribution in [0.2, 0.25) is 0 Å². The summed E-state index contributed by atoms with van der Waals surface area (Å²) in [6.45, 7) is 1.87. The van der Waals surface area contributed by atoms with E-state index in [4.69, 9.17) is 5.73 Å². The van der Waals surface area contributed by atoms with E-state index in [1.165, 1.54) is 12.1 Å². The van der Waals surface area contributed by atoms with E-state index >= 15 is 0 Å². The Bertz CT molecular complexity index is 596. The minimum absolute atomic E-state index is 0.0209. The molecule has 4 heteroatoms. The fourth-order valence-corrected chi connectivity index (χ4v) is 1.62. The molecule has 0 unspecified atom stereocenters.